The number of sulfonamides is 1. The largest absolute Gasteiger partial charge is 0.497 e. The molecule has 0 radical (unpaired) electrons. The summed E-state index contributed by atoms with van der Waals surface area (Å²) in [7, 11) is -0.993. The lowest BCUT2D eigenvalue weighted by Gasteiger charge is -2.19. The number of halogens is 3. The van der Waals surface area contributed by atoms with Crippen LogP contribution in [0.15, 0.2) is 53.4 Å². The molecule has 34 heavy (non-hydrogen) atoms. The van der Waals surface area contributed by atoms with Crippen molar-refractivity contribution in [3.05, 3.63) is 59.7 Å². The van der Waals surface area contributed by atoms with Crippen molar-refractivity contribution in [1.29, 1.82) is 0 Å². The predicted octanol–water partition coefficient (Wildman–Crippen LogP) is 3.27. The highest BCUT2D eigenvalue weighted by Crippen LogP contribution is 2.38. The molecule has 1 heterocycles. The van der Waals surface area contributed by atoms with Crippen LogP contribution in [0.1, 0.15) is 23.5 Å². The second-order valence-corrected chi connectivity index (χ2v) is 9.91. The third-order valence-corrected chi connectivity index (χ3v) is 7.63. The van der Waals surface area contributed by atoms with Crippen molar-refractivity contribution < 1.29 is 35.9 Å². The summed E-state index contributed by atoms with van der Waals surface area (Å²) in [6.07, 6.45) is -4.00. The molecule has 1 saturated heterocycles. The minimum absolute atomic E-state index is 0.0113. The van der Waals surface area contributed by atoms with Gasteiger partial charge in [0.05, 0.1) is 23.5 Å². The number of ether oxygens (including phenoxy) is 2. The summed E-state index contributed by atoms with van der Waals surface area (Å²) < 4.78 is 77.6. The lowest BCUT2D eigenvalue weighted by atomic mass is 9.87. The summed E-state index contributed by atoms with van der Waals surface area (Å²) in [5, 5.41) is 2.75. The first kappa shape index (κ1) is 26.0. The van der Waals surface area contributed by atoms with Crippen LogP contribution in [-0.2, 0) is 25.7 Å². The van der Waals surface area contributed by atoms with Gasteiger partial charge >= 0.3 is 6.18 Å². The van der Waals surface area contributed by atoms with Gasteiger partial charge in [-0.1, -0.05) is 18.2 Å². The number of benzene rings is 2. The SMILES string of the molecule is COCCCNC(=O)C1CN(S(=O)(=O)c2ccc(OC)cc2)CC1c1cccc(C(F)(F)F)c1. The van der Waals surface area contributed by atoms with Crippen molar-refractivity contribution in [3.8, 4) is 5.75 Å². The average Bonchev–Trinajstić information content (AvgIpc) is 3.28. The first-order chi connectivity index (χ1) is 16.1. The summed E-state index contributed by atoms with van der Waals surface area (Å²) in [5.74, 6) is -1.52. The molecule has 3 rings (SSSR count). The van der Waals surface area contributed by atoms with Gasteiger partial charge in [0.15, 0.2) is 0 Å². The number of alkyl halides is 3. The van der Waals surface area contributed by atoms with Crippen LogP contribution in [0.3, 0.4) is 0 Å². The van der Waals surface area contributed by atoms with E-state index in [9.17, 15) is 26.4 Å². The molecule has 1 aliphatic heterocycles. The van der Waals surface area contributed by atoms with Crippen LogP contribution in [0.4, 0.5) is 13.2 Å². The number of carbonyl (C=O) groups is 1. The molecule has 1 N–H and O–H groups in total. The van der Waals surface area contributed by atoms with E-state index < -0.39 is 39.5 Å². The quantitative estimate of drug-likeness (QED) is 0.535. The Balaban J connectivity index is 1.91. The maximum Gasteiger partial charge on any atom is 0.416 e. The van der Waals surface area contributed by atoms with Gasteiger partial charge in [-0.3, -0.25) is 4.79 Å². The number of hydrogen-bond donors (Lipinski definition) is 1. The van der Waals surface area contributed by atoms with Crippen molar-refractivity contribution >= 4 is 15.9 Å². The number of amides is 1. The van der Waals surface area contributed by atoms with Crippen LogP contribution in [0.2, 0.25) is 0 Å². The van der Waals surface area contributed by atoms with Gasteiger partial charge in [-0.2, -0.15) is 17.5 Å². The highest BCUT2D eigenvalue weighted by molar-refractivity contribution is 7.89. The number of nitrogens with zero attached hydrogens (tertiary/aromatic N) is 1. The van der Waals surface area contributed by atoms with Gasteiger partial charge in [0.2, 0.25) is 15.9 Å². The molecule has 2 unspecified atom stereocenters. The monoisotopic (exact) mass is 500 g/mol. The highest BCUT2D eigenvalue weighted by atomic mass is 32.2. The minimum Gasteiger partial charge on any atom is -0.497 e. The topological polar surface area (TPSA) is 84.9 Å². The predicted molar refractivity (Wildman–Crippen MR) is 119 cm³/mol. The Hall–Kier alpha value is -2.63. The normalized spacial score (nSPS) is 19.2. The number of rotatable bonds is 9. The van der Waals surface area contributed by atoms with Gasteiger partial charge in [0.1, 0.15) is 5.75 Å². The maximum atomic E-state index is 13.3. The van der Waals surface area contributed by atoms with E-state index in [0.29, 0.717) is 25.3 Å². The molecule has 0 spiro atoms. The Bertz CT molecular complexity index is 1090. The maximum absolute atomic E-state index is 13.3. The number of nitrogens with one attached hydrogen (secondary N) is 1. The van der Waals surface area contributed by atoms with E-state index in [2.05, 4.69) is 5.32 Å². The molecule has 0 aliphatic carbocycles. The Labute approximate surface area is 196 Å². The Kier molecular flexibility index (Phi) is 8.21. The molecule has 7 nitrogen and oxygen atoms in total. The molecule has 11 heteroatoms. The van der Waals surface area contributed by atoms with E-state index in [1.807, 2.05) is 0 Å². The van der Waals surface area contributed by atoms with Crippen LogP contribution in [0, 0.1) is 5.92 Å². The highest BCUT2D eigenvalue weighted by Gasteiger charge is 2.44. The van der Waals surface area contributed by atoms with E-state index in [1.165, 1.54) is 50.6 Å². The van der Waals surface area contributed by atoms with Gasteiger partial charge in [-0.25, -0.2) is 8.42 Å². The van der Waals surface area contributed by atoms with Crippen molar-refractivity contribution in [3.63, 3.8) is 0 Å². The zero-order valence-electron chi connectivity index (χ0n) is 18.8. The van der Waals surface area contributed by atoms with Gasteiger partial charge < -0.3 is 14.8 Å². The van der Waals surface area contributed by atoms with Gasteiger partial charge in [0, 0.05) is 39.3 Å². The van der Waals surface area contributed by atoms with Gasteiger partial charge in [0.25, 0.3) is 0 Å². The standard InChI is InChI=1S/C23H27F3N2O5S/c1-32-12-4-11-27-22(29)21-15-28(34(30,31)19-9-7-18(33-2)8-10-19)14-20(21)16-5-3-6-17(13-16)23(24,25)26/h3,5-10,13,20-21H,4,11-12,14-15H2,1-2H3,(H,27,29). The summed E-state index contributed by atoms with van der Waals surface area (Å²) in [6, 6.07) is 10.5. The van der Waals surface area contributed by atoms with Crippen LogP contribution in [-0.4, -0.2) is 59.1 Å². The minimum atomic E-state index is -4.55. The molecule has 0 aromatic heterocycles. The summed E-state index contributed by atoms with van der Waals surface area (Å²) >= 11 is 0. The average molecular weight is 501 g/mol. The van der Waals surface area contributed by atoms with Gasteiger partial charge in [-0.05, 0) is 42.3 Å². The fourth-order valence-electron chi connectivity index (χ4n) is 3.97. The van der Waals surface area contributed by atoms with Crippen LogP contribution < -0.4 is 10.1 Å². The van der Waals surface area contributed by atoms with E-state index in [1.54, 1.807) is 0 Å². The number of carbonyl (C=O) groups excluding carboxylic acids is 1. The number of hydrogen-bond acceptors (Lipinski definition) is 5. The van der Waals surface area contributed by atoms with E-state index in [4.69, 9.17) is 9.47 Å². The third-order valence-electron chi connectivity index (χ3n) is 5.79. The second-order valence-electron chi connectivity index (χ2n) is 7.97. The van der Waals surface area contributed by atoms with Crippen molar-refractivity contribution in [2.75, 3.05) is 40.5 Å². The summed E-state index contributed by atoms with van der Waals surface area (Å²) in [6.45, 7) is 0.473. The second kappa shape index (κ2) is 10.7. The van der Waals surface area contributed by atoms with E-state index in [0.717, 1.165) is 16.4 Å². The molecule has 1 fully saturated rings. The van der Waals surface area contributed by atoms with Crippen molar-refractivity contribution in [2.24, 2.45) is 5.92 Å². The fourth-order valence-corrected chi connectivity index (χ4v) is 5.46. The molecular formula is C23H27F3N2O5S. The first-order valence-electron chi connectivity index (χ1n) is 10.7. The summed E-state index contributed by atoms with van der Waals surface area (Å²) in [4.78, 5) is 13.0. The molecule has 0 bridgehead atoms. The molecule has 2 aromatic carbocycles. The van der Waals surface area contributed by atoms with Crippen molar-refractivity contribution in [1.82, 2.24) is 9.62 Å². The zero-order chi connectivity index (χ0) is 24.9. The fraction of sp³-hybridized carbons (Fsp3) is 0.435. The van der Waals surface area contributed by atoms with Crippen LogP contribution in [0.5, 0.6) is 5.75 Å². The lowest BCUT2D eigenvalue weighted by Crippen LogP contribution is -2.36. The van der Waals surface area contributed by atoms with Crippen molar-refractivity contribution in [2.45, 2.75) is 23.4 Å². The first-order valence-corrected chi connectivity index (χ1v) is 12.1. The van der Waals surface area contributed by atoms with Crippen LogP contribution >= 0.6 is 0 Å². The Morgan fingerprint density at radius 2 is 1.82 bits per heavy atom. The van der Waals surface area contributed by atoms with Crippen LogP contribution in [0.25, 0.3) is 0 Å². The van der Waals surface area contributed by atoms with E-state index in [-0.39, 0.29) is 23.5 Å². The Morgan fingerprint density at radius 3 is 2.44 bits per heavy atom. The molecule has 2 atom stereocenters. The molecule has 2 aromatic rings. The lowest BCUT2D eigenvalue weighted by molar-refractivity contribution is -0.137. The Morgan fingerprint density at radius 1 is 1.12 bits per heavy atom. The molecule has 186 valence electrons. The molecule has 1 aliphatic rings. The van der Waals surface area contributed by atoms with Gasteiger partial charge in [-0.15, -0.1) is 0 Å². The molecule has 1 amide bonds. The third kappa shape index (κ3) is 5.89. The molecule has 0 saturated carbocycles. The smallest absolute Gasteiger partial charge is 0.416 e. The number of methoxy groups -OCH3 is 2. The molecular weight excluding hydrogens is 473 g/mol. The summed E-state index contributed by atoms with van der Waals surface area (Å²) in [5.41, 5.74) is -0.583. The van der Waals surface area contributed by atoms with E-state index >= 15 is 0 Å². The zero-order valence-corrected chi connectivity index (χ0v) is 19.7.